The van der Waals surface area contributed by atoms with Gasteiger partial charge in [0.25, 0.3) is 0 Å². The summed E-state index contributed by atoms with van der Waals surface area (Å²) in [6, 6.07) is 6.46. The lowest BCUT2D eigenvalue weighted by molar-refractivity contribution is 0.171. The maximum atomic E-state index is 5.69. The van der Waals surface area contributed by atoms with Gasteiger partial charge in [0.15, 0.2) is 11.5 Å². The van der Waals surface area contributed by atoms with E-state index in [-0.39, 0.29) is 0 Å². The first kappa shape index (κ1) is 13.2. The summed E-state index contributed by atoms with van der Waals surface area (Å²) in [7, 11) is 1.98. The largest absolute Gasteiger partial charge is 0.486 e. The van der Waals surface area contributed by atoms with E-state index in [0.717, 1.165) is 17.9 Å². The predicted octanol–water partition coefficient (Wildman–Crippen LogP) is 1.70. The van der Waals surface area contributed by atoms with Crippen LogP contribution in [0.3, 0.4) is 0 Å². The summed E-state index contributed by atoms with van der Waals surface area (Å²) in [6.07, 6.45) is 1.02. The van der Waals surface area contributed by atoms with Crippen molar-refractivity contribution in [2.75, 3.05) is 26.8 Å². The number of nitrogens with one attached hydrogen (secondary N) is 1. The van der Waals surface area contributed by atoms with Crippen molar-refractivity contribution in [2.24, 2.45) is 11.7 Å². The van der Waals surface area contributed by atoms with Crippen LogP contribution in [0.4, 0.5) is 0 Å². The Morgan fingerprint density at radius 1 is 1.28 bits per heavy atom. The highest BCUT2D eigenvalue weighted by Crippen LogP contribution is 2.33. The summed E-state index contributed by atoms with van der Waals surface area (Å²) < 4.78 is 11.1. The van der Waals surface area contributed by atoms with E-state index in [2.05, 4.69) is 24.4 Å². The summed E-state index contributed by atoms with van der Waals surface area (Å²) in [5.41, 5.74) is 6.92. The van der Waals surface area contributed by atoms with Gasteiger partial charge >= 0.3 is 0 Å². The van der Waals surface area contributed by atoms with E-state index >= 15 is 0 Å². The molecule has 3 N–H and O–H groups in total. The maximum absolute atomic E-state index is 5.69. The molecule has 0 saturated carbocycles. The maximum Gasteiger partial charge on any atom is 0.161 e. The Morgan fingerprint density at radius 2 is 2.00 bits per heavy atom. The van der Waals surface area contributed by atoms with E-state index in [0.29, 0.717) is 31.7 Å². The smallest absolute Gasteiger partial charge is 0.161 e. The third kappa shape index (κ3) is 2.94. The van der Waals surface area contributed by atoms with Crippen LogP contribution in [-0.2, 0) is 0 Å². The number of benzene rings is 1. The molecule has 100 valence electrons. The Bertz CT molecular complexity index is 395. The first-order valence-electron chi connectivity index (χ1n) is 6.51. The van der Waals surface area contributed by atoms with Crippen LogP contribution in [0.5, 0.6) is 11.5 Å². The average Bonchev–Trinajstić information content (AvgIpc) is 2.44. The highest BCUT2D eigenvalue weighted by atomic mass is 16.6. The Balaban J connectivity index is 2.15. The summed E-state index contributed by atoms with van der Waals surface area (Å²) >= 11 is 0. The molecule has 1 heterocycles. The van der Waals surface area contributed by atoms with Gasteiger partial charge in [-0.2, -0.15) is 0 Å². The van der Waals surface area contributed by atoms with E-state index in [4.69, 9.17) is 15.2 Å². The molecule has 0 aromatic heterocycles. The Morgan fingerprint density at radius 3 is 2.67 bits per heavy atom. The molecule has 4 heteroatoms. The zero-order valence-corrected chi connectivity index (χ0v) is 11.1. The molecule has 0 aliphatic carbocycles. The van der Waals surface area contributed by atoms with Crippen LogP contribution in [-0.4, -0.2) is 26.8 Å². The van der Waals surface area contributed by atoms with Crippen molar-refractivity contribution in [3.63, 3.8) is 0 Å². The number of ether oxygens (including phenoxy) is 2. The summed E-state index contributed by atoms with van der Waals surface area (Å²) in [6.45, 7) is 4.14. The highest BCUT2D eigenvalue weighted by Gasteiger charge is 2.17. The van der Waals surface area contributed by atoms with Gasteiger partial charge in [-0.15, -0.1) is 0 Å². The monoisotopic (exact) mass is 250 g/mol. The van der Waals surface area contributed by atoms with E-state index in [1.165, 1.54) is 5.56 Å². The van der Waals surface area contributed by atoms with Crippen molar-refractivity contribution in [2.45, 2.75) is 19.4 Å². The number of fused-ring (bicyclic) bond motifs is 1. The lowest BCUT2D eigenvalue weighted by Gasteiger charge is -2.23. The molecule has 0 bridgehead atoms. The third-order valence-corrected chi connectivity index (χ3v) is 3.36. The molecule has 2 unspecified atom stereocenters. The van der Waals surface area contributed by atoms with Gasteiger partial charge in [-0.05, 0) is 43.6 Å². The fourth-order valence-electron chi connectivity index (χ4n) is 2.20. The van der Waals surface area contributed by atoms with Crippen molar-refractivity contribution < 1.29 is 9.47 Å². The number of rotatable bonds is 5. The Labute approximate surface area is 108 Å². The van der Waals surface area contributed by atoms with Crippen LogP contribution >= 0.6 is 0 Å². The van der Waals surface area contributed by atoms with E-state index in [9.17, 15) is 0 Å². The summed E-state index contributed by atoms with van der Waals surface area (Å²) in [5, 5.41) is 3.34. The van der Waals surface area contributed by atoms with Gasteiger partial charge in [0.1, 0.15) is 13.2 Å². The van der Waals surface area contributed by atoms with Crippen molar-refractivity contribution in [3.05, 3.63) is 23.8 Å². The molecule has 18 heavy (non-hydrogen) atoms. The fraction of sp³-hybridized carbons (Fsp3) is 0.571. The highest BCUT2D eigenvalue weighted by molar-refractivity contribution is 5.44. The minimum Gasteiger partial charge on any atom is -0.486 e. The average molecular weight is 250 g/mol. The second-order valence-electron chi connectivity index (χ2n) is 4.82. The molecule has 4 nitrogen and oxygen atoms in total. The van der Waals surface area contributed by atoms with Crippen molar-refractivity contribution >= 4 is 0 Å². The van der Waals surface area contributed by atoms with Crippen molar-refractivity contribution in [1.82, 2.24) is 5.32 Å². The molecule has 1 aromatic rings. The van der Waals surface area contributed by atoms with Gasteiger partial charge in [0.05, 0.1) is 0 Å². The summed E-state index contributed by atoms with van der Waals surface area (Å²) in [4.78, 5) is 0. The molecule has 0 spiro atoms. The molecule has 2 atom stereocenters. The molecule has 1 aromatic carbocycles. The second-order valence-corrected chi connectivity index (χ2v) is 4.82. The number of nitrogens with two attached hydrogens (primary N) is 1. The fourth-order valence-corrected chi connectivity index (χ4v) is 2.20. The van der Waals surface area contributed by atoms with Crippen LogP contribution in [0, 0.1) is 5.92 Å². The molecule has 0 radical (unpaired) electrons. The zero-order valence-electron chi connectivity index (χ0n) is 11.1. The van der Waals surface area contributed by atoms with Gasteiger partial charge in [0, 0.05) is 6.04 Å². The van der Waals surface area contributed by atoms with E-state index in [1.807, 2.05) is 13.1 Å². The van der Waals surface area contributed by atoms with Gasteiger partial charge in [-0.1, -0.05) is 13.0 Å². The van der Waals surface area contributed by atoms with Crippen molar-refractivity contribution in [1.29, 1.82) is 0 Å². The lowest BCUT2D eigenvalue weighted by atomic mass is 9.95. The van der Waals surface area contributed by atoms with Crippen LogP contribution in [0.25, 0.3) is 0 Å². The van der Waals surface area contributed by atoms with E-state index in [1.54, 1.807) is 0 Å². The predicted molar refractivity (Wildman–Crippen MR) is 72.1 cm³/mol. The SMILES string of the molecule is CNC(CC(C)CN)c1ccc2c(c1)OCCO2. The minimum absolute atomic E-state index is 0.305. The number of hydrogen-bond donors (Lipinski definition) is 2. The van der Waals surface area contributed by atoms with Crippen LogP contribution in [0.15, 0.2) is 18.2 Å². The molecule has 1 aliphatic rings. The zero-order chi connectivity index (χ0) is 13.0. The van der Waals surface area contributed by atoms with Crippen molar-refractivity contribution in [3.8, 4) is 11.5 Å². The lowest BCUT2D eigenvalue weighted by Crippen LogP contribution is -2.23. The van der Waals surface area contributed by atoms with Gasteiger partial charge in [-0.3, -0.25) is 0 Å². The van der Waals surface area contributed by atoms with E-state index < -0.39 is 0 Å². The summed E-state index contributed by atoms with van der Waals surface area (Å²) in [5.74, 6) is 2.18. The Hall–Kier alpha value is -1.26. The Kier molecular flexibility index (Phi) is 4.44. The van der Waals surface area contributed by atoms with Crippen LogP contribution < -0.4 is 20.5 Å². The molecule has 0 amide bonds. The van der Waals surface area contributed by atoms with Crippen LogP contribution in [0.1, 0.15) is 24.9 Å². The molecule has 0 fully saturated rings. The molecule has 0 saturated heterocycles. The topological polar surface area (TPSA) is 56.5 Å². The van der Waals surface area contributed by atoms with Crippen LogP contribution in [0.2, 0.25) is 0 Å². The first-order valence-corrected chi connectivity index (χ1v) is 6.51. The molecule has 2 rings (SSSR count). The second kappa shape index (κ2) is 6.07. The first-order chi connectivity index (χ1) is 8.74. The normalized spacial score (nSPS) is 17.3. The quantitative estimate of drug-likeness (QED) is 0.835. The third-order valence-electron chi connectivity index (χ3n) is 3.36. The molecular weight excluding hydrogens is 228 g/mol. The van der Waals surface area contributed by atoms with Gasteiger partial charge in [-0.25, -0.2) is 0 Å². The van der Waals surface area contributed by atoms with Gasteiger partial charge < -0.3 is 20.5 Å². The standard InChI is InChI=1S/C14H22N2O2/c1-10(9-15)7-12(16-2)11-3-4-13-14(8-11)18-6-5-17-13/h3-4,8,10,12,16H,5-7,9,15H2,1-2H3. The minimum atomic E-state index is 0.305. The van der Waals surface area contributed by atoms with Gasteiger partial charge in [0.2, 0.25) is 0 Å². The molecule has 1 aliphatic heterocycles. The number of hydrogen-bond acceptors (Lipinski definition) is 4. The molecular formula is C14H22N2O2.